The fourth-order valence-electron chi connectivity index (χ4n) is 1.96. The topological polar surface area (TPSA) is 29.3 Å². The van der Waals surface area contributed by atoms with Gasteiger partial charge in [-0.1, -0.05) is 34.1 Å². The van der Waals surface area contributed by atoms with E-state index in [9.17, 15) is 0 Å². The van der Waals surface area contributed by atoms with Gasteiger partial charge in [0.2, 0.25) is 0 Å². The Morgan fingerprint density at radius 3 is 2.50 bits per heavy atom. The van der Waals surface area contributed by atoms with Gasteiger partial charge in [-0.05, 0) is 24.3 Å². The molecule has 1 aliphatic rings. The lowest BCUT2D eigenvalue weighted by molar-refractivity contribution is 0.222. The van der Waals surface area contributed by atoms with Crippen LogP contribution in [0.5, 0.6) is 0 Å². The van der Waals surface area contributed by atoms with Crippen molar-refractivity contribution in [3.05, 3.63) is 0 Å². The smallest absolute Gasteiger partial charge is 0.0217 e. The first-order valence-electron chi connectivity index (χ1n) is 5.91. The zero-order valence-corrected chi connectivity index (χ0v) is 10.2. The predicted molar refractivity (Wildman–Crippen MR) is 62.3 cm³/mol. The maximum Gasteiger partial charge on any atom is 0.0217 e. The lowest BCUT2D eigenvalue weighted by Gasteiger charge is -2.30. The number of nitrogens with zero attached hydrogens (tertiary/aromatic N) is 1. The van der Waals surface area contributed by atoms with Gasteiger partial charge in [0.15, 0.2) is 0 Å². The van der Waals surface area contributed by atoms with Crippen LogP contribution in [0.3, 0.4) is 0 Å². The van der Waals surface area contributed by atoms with E-state index >= 15 is 0 Å². The van der Waals surface area contributed by atoms with Crippen LogP contribution in [0.25, 0.3) is 0 Å². The van der Waals surface area contributed by atoms with Crippen molar-refractivity contribution in [1.82, 2.24) is 4.90 Å². The van der Waals surface area contributed by atoms with Crippen LogP contribution in [-0.2, 0) is 0 Å². The van der Waals surface area contributed by atoms with E-state index in [-0.39, 0.29) is 5.41 Å². The average molecular weight is 198 g/mol. The highest BCUT2D eigenvalue weighted by Gasteiger charge is 2.27. The lowest BCUT2D eigenvalue weighted by Crippen LogP contribution is -2.44. The van der Waals surface area contributed by atoms with Gasteiger partial charge in [0.05, 0.1) is 0 Å². The minimum absolute atomic E-state index is 0.240. The summed E-state index contributed by atoms with van der Waals surface area (Å²) in [6, 6.07) is 0.304. The molecule has 0 saturated carbocycles. The molecule has 1 fully saturated rings. The third-order valence-corrected chi connectivity index (χ3v) is 3.51. The highest BCUT2D eigenvalue weighted by atomic mass is 15.2. The number of nitrogens with two attached hydrogens (primary N) is 1. The normalized spacial score (nSPS) is 26.8. The van der Waals surface area contributed by atoms with E-state index in [1.807, 2.05) is 0 Å². The minimum atomic E-state index is 0.240. The van der Waals surface area contributed by atoms with E-state index < -0.39 is 0 Å². The molecule has 2 N–H and O–H groups in total. The average Bonchev–Trinajstić information content (AvgIpc) is 2.50. The Morgan fingerprint density at radius 1 is 1.43 bits per heavy atom. The van der Waals surface area contributed by atoms with Gasteiger partial charge < -0.3 is 10.6 Å². The third kappa shape index (κ3) is 3.25. The van der Waals surface area contributed by atoms with Crippen molar-refractivity contribution in [2.24, 2.45) is 17.1 Å². The zero-order chi connectivity index (χ0) is 10.8. The van der Waals surface area contributed by atoms with Gasteiger partial charge in [-0.25, -0.2) is 0 Å². The molecule has 14 heavy (non-hydrogen) atoms. The molecule has 2 unspecified atom stereocenters. The number of likely N-dealkylation sites (tertiary alicyclic amines) is 1. The van der Waals surface area contributed by atoms with Crippen LogP contribution >= 0.6 is 0 Å². The first-order chi connectivity index (χ1) is 6.43. The highest BCUT2D eigenvalue weighted by Crippen LogP contribution is 2.23. The molecule has 2 heteroatoms. The second kappa shape index (κ2) is 4.63. The van der Waals surface area contributed by atoms with Gasteiger partial charge >= 0.3 is 0 Å². The molecule has 0 radical (unpaired) electrons. The Labute approximate surface area is 88.8 Å². The molecule has 1 rings (SSSR count). The molecule has 1 heterocycles. The fraction of sp³-hybridized carbons (Fsp3) is 1.00. The maximum atomic E-state index is 6.18. The second-order valence-electron chi connectivity index (χ2n) is 5.80. The monoisotopic (exact) mass is 198 g/mol. The van der Waals surface area contributed by atoms with Crippen LogP contribution < -0.4 is 5.73 Å². The molecule has 0 amide bonds. The molecular formula is C12H26N2. The summed E-state index contributed by atoms with van der Waals surface area (Å²) in [6.07, 6.45) is 2.69. The summed E-state index contributed by atoms with van der Waals surface area (Å²) in [4.78, 5) is 2.53. The van der Waals surface area contributed by atoms with Crippen molar-refractivity contribution in [1.29, 1.82) is 0 Å². The van der Waals surface area contributed by atoms with Crippen molar-refractivity contribution < 1.29 is 0 Å². The van der Waals surface area contributed by atoms with Gasteiger partial charge in [0.25, 0.3) is 0 Å². The molecule has 0 bridgehead atoms. The molecular weight excluding hydrogens is 172 g/mol. The van der Waals surface area contributed by atoms with E-state index in [1.54, 1.807) is 0 Å². The van der Waals surface area contributed by atoms with Crippen LogP contribution in [-0.4, -0.2) is 30.6 Å². The van der Waals surface area contributed by atoms with E-state index in [0.717, 1.165) is 12.5 Å². The molecule has 0 aromatic carbocycles. The largest absolute Gasteiger partial charge is 0.326 e. The molecule has 0 aromatic heterocycles. The van der Waals surface area contributed by atoms with Gasteiger partial charge in [-0.3, -0.25) is 0 Å². The van der Waals surface area contributed by atoms with E-state index in [0.29, 0.717) is 6.04 Å². The van der Waals surface area contributed by atoms with Crippen LogP contribution in [0, 0.1) is 11.3 Å². The summed E-state index contributed by atoms with van der Waals surface area (Å²) in [5.41, 5.74) is 6.42. The van der Waals surface area contributed by atoms with E-state index in [4.69, 9.17) is 5.73 Å². The van der Waals surface area contributed by atoms with Crippen LogP contribution in [0.1, 0.15) is 40.5 Å². The van der Waals surface area contributed by atoms with Crippen LogP contribution in [0.15, 0.2) is 0 Å². The molecule has 0 aromatic rings. The SMILES string of the molecule is CCC1CCN(CC(N)C(C)(C)C)C1. The lowest BCUT2D eigenvalue weighted by atomic mass is 9.87. The summed E-state index contributed by atoms with van der Waals surface area (Å²) in [5, 5.41) is 0. The second-order valence-corrected chi connectivity index (χ2v) is 5.80. The van der Waals surface area contributed by atoms with Crippen molar-refractivity contribution in [2.45, 2.75) is 46.6 Å². The van der Waals surface area contributed by atoms with Gasteiger partial charge in [-0.15, -0.1) is 0 Å². The molecule has 1 aliphatic heterocycles. The molecule has 0 spiro atoms. The summed E-state index contributed by atoms with van der Waals surface area (Å²) >= 11 is 0. The van der Waals surface area contributed by atoms with E-state index in [1.165, 1.54) is 25.9 Å². The molecule has 2 nitrogen and oxygen atoms in total. The Balaban J connectivity index is 2.32. The third-order valence-electron chi connectivity index (χ3n) is 3.51. The first-order valence-corrected chi connectivity index (χ1v) is 5.91. The summed E-state index contributed by atoms with van der Waals surface area (Å²) < 4.78 is 0. The minimum Gasteiger partial charge on any atom is -0.326 e. The number of hydrogen-bond donors (Lipinski definition) is 1. The molecule has 0 aliphatic carbocycles. The Hall–Kier alpha value is -0.0800. The van der Waals surface area contributed by atoms with Gasteiger partial charge in [0.1, 0.15) is 0 Å². The van der Waals surface area contributed by atoms with Gasteiger partial charge in [-0.2, -0.15) is 0 Å². The predicted octanol–water partition coefficient (Wildman–Crippen LogP) is 2.09. The van der Waals surface area contributed by atoms with Crippen molar-refractivity contribution in [3.8, 4) is 0 Å². The standard InChI is InChI=1S/C12H26N2/c1-5-10-6-7-14(8-10)9-11(13)12(2,3)4/h10-11H,5-9,13H2,1-4H3. The summed E-state index contributed by atoms with van der Waals surface area (Å²) in [5.74, 6) is 0.919. The van der Waals surface area contributed by atoms with Crippen LogP contribution in [0.4, 0.5) is 0 Å². The Kier molecular flexibility index (Phi) is 3.96. The van der Waals surface area contributed by atoms with E-state index in [2.05, 4.69) is 32.6 Å². The molecule has 2 atom stereocenters. The van der Waals surface area contributed by atoms with Gasteiger partial charge in [0, 0.05) is 19.1 Å². The maximum absolute atomic E-state index is 6.18. The van der Waals surface area contributed by atoms with Crippen LogP contribution in [0.2, 0.25) is 0 Å². The summed E-state index contributed by atoms with van der Waals surface area (Å²) in [6.45, 7) is 12.6. The molecule has 1 saturated heterocycles. The van der Waals surface area contributed by atoms with Crippen molar-refractivity contribution in [2.75, 3.05) is 19.6 Å². The van der Waals surface area contributed by atoms with Crippen molar-refractivity contribution in [3.63, 3.8) is 0 Å². The molecule has 84 valence electrons. The number of rotatable bonds is 3. The fourth-order valence-corrected chi connectivity index (χ4v) is 1.96. The zero-order valence-electron chi connectivity index (χ0n) is 10.2. The Bertz CT molecular complexity index is 172. The first kappa shape index (κ1) is 12.0. The number of hydrogen-bond acceptors (Lipinski definition) is 2. The van der Waals surface area contributed by atoms with Crippen molar-refractivity contribution >= 4 is 0 Å². The Morgan fingerprint density at radius 2 is 2.07 bits per heavy atom. The quantitative estimate of drug-likeness (QED) is 0.752. The summed E-state index contributed by atoms with van der Waals surface area (Å²) in [7, 11) is 0. The highest BCUT2D eigenvalue weighted by molar-refractivity contribution is 4.83.